The highest BCUT2D eigenvalue weighted by atomic mass is 16.3. The molecule has 0 aliphatic heterocycles. The zero-order valence-corrected chi connectivity index (χ0v) is 14.0. The molecule has 0 spiro atoms. The summed E-state index contributed by atoms with van der Waals surface area (Å²) in [7, 11) is 0. The van der Waals surface area contributed by atoms with Crippen LogP contribution in [0.3, 0.4) is 0 Å². The summed E-state index contributed by atoms with van der Waals surface area (Å²) in [5, 5.41) is 0. The Balaban J connectivity index is 0. The predicted octanol–water partition coefficient (Wildman–Crippen LogP) is 6.63. The summed E-state index contributed by atoms with van der Waals surface area (Å²) in [5.74, 6) is 1.31. The van der Waals surface area contributed by atoms with Gasteiger partial charge < -0.3 is 4.42 Å². The smallest absolute Gasteiger partial charge is 0.163 e. The van der Waals surface area contributed by atoms with Gasteiger partial charge in [-0.1, -0.05) is 58.2 Å². The maximum Gasteiger partial charge on any atom is 0.163 e. The summed E-state index contributed by atoms with van der Waals surface area (Å²) < 4.78 is 5.82. The lowest BCUT2D eigenvalue weighted by atomic mass is 10.0. The van der Waals surface area contributed by atoms with E-state index in [1.54, 1.807) is 13.0 Å². The van der Waals surface area contributed by atoms with Gasteiger partial charge in [0.25, 0.3) is 0 Å². The molecule has 1 heterocycles. The number of carbonyl (C=O) groups excluding carboxylic acids is 1. The fraction of sp³-hybridized carbons (Fsp3) is 0.350. The second-order valence-electron chi connectivity index (χ2n) is 4.20. The first kappa shape index (κ1) is 22.2. The van der Waals surface area contributed by atoms with Gasteiger partial charge in [-0.05, 0) is 33.8 Å². The van der Waals surface area contributed by atoms with Gasteiger partial charge in [0, 0.05) is 11.1 Å². The van der Waals surface area contributed by atoms with Gasteiger partial charge in [0.05, 0.1) is 5.56 Å². The number of hydrogen-bond acceptors (Lipinski definition) is 2. The topological polar surface area (TPSA) is 30.2 Å². The molecule has 0 N–H and O–H groups in total. The molecular formula is C20H30O2. The highest BCUT2D eigenvalue weighted by molar-refractivity contribution is 6.01. The fourth-order valence-electron chi connectivity index (χ4n) is 1.90. The zero-order chi connectivity index (χ0) is 16.4. The van der Waals surface area contributed by atoms with Crippen molar-refractivity contribution >= 4 is 17.4 Å². The second kappa shape index (κ2) is 11.6. The normalized spacial score (nSPS) is 11.1. The average molecular weight is 302 g/mol. The highest BCUT2D eigenvalue weighted by Crippen LogP contribution is 2.30. The summed E-state index contributed by atoms with van der Waals surface area (Å²) in [5.41, 5.74) is 2.31. The third-order valence-corrected chi connectivity index (χ3v) is 2.80. The van der Waals surface area contributed by atoms with Crippen molar-refractivity contribution in [3.05, 3.63) is 59.6 Å². The molecule has 0 unspecified atom stereocenters. The van der Waals surface area contributed by atoms with Crippen molar-refractivity contribution in [3.8, 4) is 0 Å². The third-order valence-electron chi connectivity index (χ3n) is 2.80. The quantitative estimate of drug-likeness (QED) is 0.451. The number of hydrogen-bond donors (Lipinski definition) is 0. The number of carbonyl (C=O) groups is 1. The average Bonchev–Trinajstić information content (AvgIpc) is 2.80. The lowest BCUT2D eigenvalue weighted by Crippen LogP contribution is -1.97. The van der Waals surface area contributed by atoms with Crippen LogP contribution in [0.5, 0.6) is 0 Å². The molecule has 122 valence electrons. The molecule has 22 heavy (non-hydrogen) atoms. The Hall–Kier alpha value is -2.09. The van der Waals surface area contributed by atoms with Gasteiger partial charge in [0.1, 0.15) is 11.5 Å². The minimum Gasteiger partial charge on any atom is -0.456 e. The van der Waals surface area contributed by atoms with Crippen molar-refractivity contribution in [3.63, 3.8) is 0 Å². The molecule has 0 aliphatic rings. The van der Waals surface area contributed by atoms with Crippen LogP contribution in [0, 0.1) is 6.92 Å². The molecule has 2 nitrogen and oxygen atoms in total. The van der Waals surface area contributed by atoms with Crippen molar-refractivity contribution in [1.29, 1.82) is 0 Å². The maximum atomic E-state index is 11.8. The first-order chi connectivity index (χ1) is 10.1. The Labute approximate surface area is 135 Å². The van der Waals surface area contributed by atoms with E-state index in [1.807, 2.05) is 65.0 Å². The van der Waals surface area contributed by atoms with Gasteiger partial charge >= 0.3 is 0 Å². The van der Waals surface area contributed by atoms with E-state index >= 15 is 0 Å². The minimum atomic E-state index is 0. The van der Waals surface area contributed by atoms with E-state index in [2.05, 4.69) is 6.58 Å². The lowest BCUT2D eigenvalue weighted by Gasteiger charge is -2.00. The molecule has 1 aromatic rings. The Morgan fingerprint density at radius 3 is 2.18 bits per heavy atom. The van der Waals surface area contributed by atoms with Gasteiger partial charge in [0.2, 0.25) is 0 Å². The van der Waals surface area contributed by atoms with Crippen LogP contribution in [0.1, 0.15) is 69.5 Å². The molecular weight excluding hydrogens is 272 g/mol. The number of allylic oxidation sites excluding steroid dienone is 6. The monoisotopic (exact) mass is 302 g/mol. The summed E-state index contributed by atoms with van der Waals surface area (Å²) >= 11 is 0. The summed E-state index contributed by atoms with van der Waals surface area (Å²) in [6.45, 7) is 15.1. The molecule has 0 atom stereocenters. The van der Waals surface area contributed by atoms with Crippen LogP contribution in [-0.4, -0.2) is 5.78 Å². The van der Waals surface area contributed by atoms with E-state index in [0.717, 1.165) is 16.9 Å². The molecule has 1 aromatic heterocycles. The van der Waals surface area contributed by atoms with E-state index in [9.17, 15) is 4.79 Å². The van der Waals surface area contributed by atoms with Crippen LogP contribution >= 0.6 is 0 Å². The Kier molecular flexibility index (Phi) is 11.7. The summed E-state index contributed by atoms with van der Waals surface area (Å²) in [6, 6.07) is 0. The Bertz CT molecular complexity index is 567. The fourth-order valence-corrected chi connectivity index (χ4v) is 1.90. The largest absolute Gasteiger partial charge is 0.456 e. The number of rotatable bonds is 5. The predicted molar refractivity (Wildman–Crippen MR) is 99.2 cm³/mol. The zero-order valence-electron chi connectivity index (χ0n) is 14.0. The van der Waals surface area contributed by atoms with Crippen LogP contribution < -0.4 is 0 Å². The van der Waals surface area contributed by atoms with Gasteiger partial charge in [-0.15, -0.1) is 0 Å². The standard InChI is InChI=1S/C17H20O2.C2H6.CH4/c1-6-9-11-14(8-3)17-16(13(5)18)12(4)15(19-17)10-7-2;1-2;/h6-11H,3H2,1-2,4-5H3;1-2H3;1H4/b9-6-,10-7-,14-11+;;. The van der Waals surface area contributed by atoms with Crippen molar-refractivity contribution < 1.29 is 9.21 Å². The molecule has 0 fully saturated rings. The Morgan fingerprint density at radius 2 is 1.77 bits per heavy atom. The molecule has 0 saturated carbocycles. The SMILES string of the molecule is C.C=C/C(=C\C=C/C)c1oc(/C=C\C)c(C)c1C(C)=O.CC. The minimum absolute atomic E-state index is 0. The summed E-state index contributed by atoms with van der Waals surface area (Å²) in [6.07, 6.45) is 11.2. The van der Waals surface area contributed by atoms with Crippen LogP contribution in [0.25, 0.3) is 11.6 Å². The van der Waals surface area contributed by atoms with Crippen molar-refractivity contribution in [2.75, 3.05) is 0 Å². The van der Waals surface area contributed by atoms with Crippen LogP contribution in [0.15, 0.2) is 41.4 Å². The van der Waals surface area contributed by atoms with Gasteiger partial charge in [-0.3, -0.25) is 4.79 Å². The van der Waals surface area contributed by atoms with E-state index in [0.29, 0.717) is 11.3 Å². The van der Waals surface area contributed by atoms with E-state index < -0.39 is 0 Å². The Morgan fingerprint density at radius 1 is 1.18 bits per heavy atom. The molecule has 0 bridgehead atoms. The maximum absolute atomic E-state index is 11.8. The molecule has 0 amide bonds. The molecule has 1 rings (SSSR count). The van der Waals surface area contributed by atoms with Gasteiger partial charge in [-0.25, -0.2) is 0 Å². The van der Waals surface area contributed by atoms with Gasteiger partial charge in [0.15, 0.2) is 5.78 Å². The van der Waals surface area contributed by atoms with E-state index in [1.165, 1.54) is 0 Å². The molecule has 0 saturated heterocycles. The molecule has 0 aliphatic carbocycles. The van der Waals surface area contributed by atoms with E-state index in [4.69, 9.17) is 4.42 Å². The number of ketones is 1. The summed E-state index contributed by atoms with van der Waals surface area (Å²) in [4.78, 5) is 11.8. The first-order valence-corrected chi connectivity index (χ1v) is 7.29. The second-order valence-corrected chi connectivity index (χ2v) is 4.20. The number of Topliss-reactive ketones (excluding diaryl/α,β-unsaturated/α-hetero) is 1. The van der Waals surface area contributed by atoms with Crippen LogP contribution in [0.2, 0.25) is 0 Å². The van der Waals surface area contributed by atoms with Gasteiger partial charge in [-0.2, -0.15) is 0 Å². The van der Waals surface area contributed by atoms with Crippen molar-refractivity contribution in [1.82, 2.24) is 0 Å². The third kappa shape index (κ3) is 5.36. The van der Waals surface area contributed by atoms with Crippen molar-refractivity contribution in [2.45, 2.75) is 49.0 Å². The van der Waals surface area contributed by atoms with E-state index in [-0.39, 0.29) is 13.2 Å². The first-order valence-electron chi connectivity index (χ1n) is 7.29. The lowest BCUT2D eigenvalue weighted by molar-refractivity contribution is 0.101. The highest BCUT2D eigenvalue weighted by Gasteiger charge is 2.20. The van der Waals surface area contributed by atoms with Crippen molar-refractivity contribution in [2.24, 2.45) is 0 Å². The molecule has 0 radical (unpaired) electrons. The number of furan rings is 1. The van der Waals surface area contributed by atoms with Crippen LogP contribution in [0.4, 0.5) is 0 Å². The molecule has 0 aromatic carbocycles. The van der Waals surface area contributed by atoms with Crippen LogP contribution in [-0.2, 0) is 0 Å². The molecule has 2 heteroatoms.